The van der Waals surface area contributed by atoms with E-state index in [4.69, 9.17) is 0 Å². The van der Waals surface area contributed by atoms with E-state index >= 15 is 0 Å². The van der Waals surface area contributed by atoms with Gasteiger partial charge >= 0.3 is 0 Å². The average molecular weight is 348 g/mol. The minimum absolute atomic E-state index is 0.0265. The lowest BCUT2D eigenvalue weighted by molar-refractivity contribution is 0.102. The molecule has 9 heteroatoms. The number of carbonyl (C=O) groups excluding carboxylic acids is 1. The largest absolute Gasteiger partial charge is 0.507 e. The van der Waals surface area contributed by atoms with Crippen LogP contribution in [0.25, 0.3) is 0 Å². The first kappa shape index (κ1) is 16.3. The molecule has 1 aliphatic rings. The maximum atomic E-state index is 12.6. The number of sulfonamides is 1. The fourth-order valence-electron chi connectivity index (χ4n) is 2.47. The highest BCUT2D eigenvalue weighted by Gasteiger charge is 2.28. The molecule has 1 fully saturated rings. The lowest BCUT2D eigenvalue weighted by Gasteiger charge is -2.16. The number of carbonyl (C=O) groups is 1. The van der Waals surface area contributed by atoms with Crippen molar-refractivity contribution in [2.45, 2.75) is 17.7 Å². The first-order valence-corrected chi connectivity index (χ1v) is 8.84. The first-order valence-electron chi connectivity index (χ1n) is 7.40. The number of hydrogen-bond acceptors (Lipinski definition) is 6. The first-order chi connectivity index (χ1) is 11.5. The third-order valence-electron chi connectivity index (χ3n) is 3.71. The van der Waals surface area contributed by atoms with Gasteiger partial charge in [0, 0.05) is 25.5 Å². The van der Waals surface area contributed by atoms with Gasteiger partial charge in [-0.25, -0.2) is 18.4 Å². The van der Waals surface area contributed by atoms with Crippen LogP contribution in [0.2, 0.25) is 0 Å². The van der Waals surface area contributed by atoms with Crippen molar-refractivity contribution < 1.29 is 18.3 Å². The molecular weight excluding hydrogens is 332 g/mol. The fraction of sp³-hybridized carbons (Fsp3) is 0.267. The highest BCUT2D eigenvalue weighted by molar-refractivity contribution is 7.89. The molecule has 24 heavy (non-hydrogen) atoms. The second kappa shape index (κ2) is 6.54. The van der Waals surface area contributed by atoms with E-state index in [1.165, 1.54) is 34.9 Å². The number of anilines is 1. The van der Waals surface area contributed by atoms with Gasteiger partial charge in [0.05, 0.1) is 10.5 Å². The molecule has 3 rings (SSSR count). The van der Waals surface area contributed by atoms with Crippen molar-refractivity contribution in [3.63, 3.8) is 0 Å². The van der Waals surface area contributed by atoms with E-state index in [9.17, 15) is 18.3 Å². The number of phenols is 1. The highest BCUT2D eigenvalue weighted by atomic mass is 32.2. The van der Waals surface area contributed by atoms with Crippen molar-refractivity contribution in [2.75, 3.05) is 18.4 Å². The summed E-state index contributed by atoms with van der Waals surface area (Å²) in [6.45, 7) is 0.922. The second-order valence-electron chi connectivity index (χ2n) is 5.32. The minimum Gasteiger partial charge on any atom is -0.507 e. The van der Waals surface area contributed by atoms with Gasteiger partial charge in [0.1, 0.15) is 5.75 Å². The molecule has 126 valence electrons. The van der Waals surface area contributed by atoms with Crippen molar-refractivity contribution in [1.82, 2.24) is 14.3 Å². The molecule has 1 amide bonds. The van der Waals surface area contributed by atoms with Gasteiger partial charge in [0.15, 0.2) is 0 Å². The van der Waals surface area contributed by atoms with Crippen LogP contribution in [0.5, 0.6) is 5.75 Å². The molecule has 0 unspecified atom stereocenters. The number of benzene rings is 1. The molecule has 0 saturated carbocycles. The molecule has 0 atom stereocenters. The van der Waals surface area contributed by atoms with Gasteiger partial charge in [-0.15, -0.1) is 0 Å². The lowest BCUT2D eigenvalue weighted by Crippen LogP contribution is -2.28. The molecule has 1 saturated heterocycles. The van der Waals surface area contributed by atoms with E-state index in [1.807, 2.05) is 0 Å². The number of phenolic OH excluding ortho intramolecular Hbond substituents is 1. The van der Waals surface area contributed by atoms with E-state index in [0.717, 1.165) is 12.8 Å². The van der Waals surface area contributed by atoms with Crippen molar-refractivity contribution in [3.05, 3.63) is 42.2 Å². The Balaban J connectivity index is 1.90. The Morgan fingerprint density at radius 1 is 1.17 bits per heavy atom. The van der Waals surface area contributed by atoms with Gasteiger partial charge in [-0.1, -0.05) is 0 Å². The van der Waals surface area contributed by atoms with Crippen LogP contribution in [0.3, 0.4) is 0 Å². The molecule has 0 spiro atoms. The molecule has 2 heterocycles. The maximum absolute atomic E-state index is 12.6. The van der Waals surface area contributed by atoms with Crippen LogP contribution in [0.15, 0.2) is 41.6 Å². The summed E-state index contributed by atoms with van der Waals surface area (Å²) >= 11 is 0. The predicted octanol–water partition coefficient (Wildman–Crippen LogP) is 1.22. The quantitative estimate of drug-likeness (QED) is 0.859. The predicted molar refractivity (Wildman–Crippen MR) is 86.1 cm³/mol. The van der Waals surface area contributed by atoms with Crippen LogP contribution < -0.4 is 5.32 Å². The van der Waals surface area contributed by atoms with Gasteiger partial charge in [0.2, 0.25) is 16.0 Å². The number of nitrogens with zero attached hydrogens (tertiary/aromatic N) is 3. The molecule has 1 aliphatic heterocycles. The van der Waals surface area contributed by atoms with Crippen molar-refractivity contribution in [3.8, 4) is 5.75 Å². The van der Waals surface area contributed by atoms with Crippen LogP contribution in [0, 0.1) is 0 Å². The van der Waals surface area contributed by atoms with Gasteiger partial charge in [-0.2, -0.15) is 4.31 Å². The maximum Gasteiger partial charge on any atom is 0.261 e. The van der Waals surface area contributed by atoms with E-state index in [1.54, 1.807) is 6.07 Å². The number of rotatable bonds is 4. The molecule has 0 bridgehead atoms. The third kappa shape index (κ3) is 3.22. The smallest absolute Gasteiger partial charge is 0.261 e. The van der Waals surface area contributed by atoms with E-state index in [2.05, 4.69) is 15.3 Å². The fourth-order valence-corrected chi connectivity index (χ4v) is 4.01. The Morgan fingerprint density at radius 3 is 2.50 bits per heavy atom. The average Bonchev–Trinajstić information content (AvgIpc) is 3.11. The van der Waals surface area contributed by atoms with E-state index in [0.29, 0.717) is 13.1 Å². The Hall–Kier alpha value is -2.52. The van der Waals surface area contributed by atoms with Gasteiger partial charge in [0.25, 0.3) is 5.91 Å². The SMILES string of the molecule is O=C(Nc1ncccn1)c1cc(S(=O)(=O)N2CCCC2)ccc1O. The zero-order valence-electron chi connectivity index (χ0n) is 12.7. The highest BCUT2D eigenvalue weighted by Crippen LogP contribution is 2.26. The molecule has 2 N–H and O–H groups in total. The van der Waals surface area contributed by atoms with Crippen LogP contribution in [0.1, 0.15) is 23.2 Å². The van der Waals surface area contributed by atoms with Gasteiger partial charge in [-0.05, 0) is 37.1 Å². The van der Waals surface area contributed by atoms with Crippen molar-refractivity contribution in [1.29, 1.82) is 0 Å². The molecule has 1 aromatic carbocycles. The molecule has 2 aromatic rings. The summed E-state index contributed by atoms with van der Waals surface area (Å²) < 4.78 is 26.5. The monoisotopic (exact) mass is 348 g/mol. The van der Waals surface area contributed by atoms with E-state index in [-0.39, 0.29) is 22.2 Å². The molecular formula is C15H16N4O4S. The Bertz CT molecular complexity index is 849. The number of nitrogens with one attached hydrogen (secondary N) is 1. The summed E-state index contributed by atoms with van der Waals surface area (Å²) in [5, 5.41) is 12.3. The Morgan fingerprint density at radius 2 is 1.83 bits per heavy atom. The van der Waals surface area contributed by atoms with Gasteiger partial charge in [-0.3, -0.25) is 10.1 Å². The normalized spacial score (nSPS) is 15.3. The second-order valence-corrected chi connectivity index (χ2v) is 7.25. The standard InChI is InChI=1S/C15H16N4O4S/c20-13-5-4-11(24(22,23)19-8-1-2-9-19)10-12(13)14(21)18-15-16-6-3-7-17-15/h3-7,10,20H,1-2,8-9H2,(H,16,17,18,21). The lowest BCUT2D eigenvalue weighted by atomic mass is 10.2. The molecule has 8 nitrogen and oxygen atoms in total. The number of amides is 1. The topological polar surface area (TPSA) is 112 Å². The molecule has 0 aliphatic carbocycles. The number of aromatic hydroxyl groups is 1. The van der Waals surface area contributed by atoms with Crippen LogP contribution in [0.4, 0.5) is 5.95 Å². The molecule has 1 aromatic heterocycles. The minimum atomic E-state index is -3.67. The Kier molecular flexibility index (Phi) is 4.45. The zero-order chi connectivity index (χ0) is 17.2. The summed E-state index contributed by atoms with van der Waals surface area (Å²) in [5.74, 6) is -0.935. The summed E-state index contributed by atoms with van der Waals surface area (Å²) in [7, 11) is -3.67. The molecule has 0 radical (unpaired) electrons. The summed E-state index contributed by atoms with van der Waals surface area (Å²) in [6, 6.07) is 5.25. The third-order valence-corrected chi connectivity index (χ3v) is 5.60. The van der Waals surface area contributed by atoms with Crippen molar-refractivity contribution in [2.24, 2.45) is 0 Å². The zero-order valence-corrected chi connectivity index (χ0v) is 13.5. The number of aromatic nitrogens is 2. The van der Waals surface area contributed by atoms with Crippen LogP contribution in [-0.4, -0.2) is 46.8 Å². The number of hydrogen-bond donors (Lipinski definition) is 2. The summed E-state index contributed by atoms with van der Waals surface area (Å²) in [5.41, 5.74) is -0.150. The Labute approximate surface area is 139 Å². The summed E-state index contributed by atoms with van der Waals surface area (Å²) in [6.07, 6.45) is 4.54. The van der Waals surface area contributed by atoms with Crippen LogP contribution >= 0.6 is 0 Å². The van der Waals surface area contributed by atoms with Crippen molar-refractivity contribution >= 4 is 21.9 Å². The summed E-state index contributed by atoms with van der Waals surface area (Å²) in [4.78, 5) is 20.0. The van der Waals surface area contributed by atoms with Gasteiger partial charge < -0.3 is 5.11 Å². The van der Waals surface area contributed by atoms with Crippen LogP contribution in [-0.2, 0) is 10.0 Å². The van der Waals surface area contributed by atoms with E-state index < -0.39 is 15.9 Å².